The predicted molar refractivity (Wildman–Crippen MR) is 80.2 cm³/mol. The number of methoxy groups -OCH3 is 1. The fourth-order valence-corrected chi connectivity index (χ4v) is 3.12. The molecule has 0 aromatic heterocycles. The number of halogens is 1. The minimum atomic E-state index is 0. The van der Waals surface area contributed by atoms with Crippen molar-refractivity contribution in [1.82, 2.24) is 0 Å². The first-order valence-electron chi connectivity index (χ1n) is 7.20. The highest BCUT2D eigenvalue weighted by Crippen LogP contribution is 2.28. The van der Waals surface area contributed by atoms with Crippen molar-refractivity contribution in [2.45, 2.75) is 39.3 Å². The fraction of sp³-hybridized carbons (Fsp3) is 0.529. The molecule has 1 aromatic rings. The van der Waals surface area contributed by atoms with E-state index in [9.17, 15) is 0 Å². The number of rotatable bonds is 4. The summed E-state index contributed by atoms with van der Waals surface area (Å²) < 4.78 is 6.35. The second-order valence-corrected chi connectivity index (χ2v) is 5.98. The maximum atomic E-state index is 5.23. The van der Waals surface area contributed by atoms with Gasteiger partial charge < -0.3 is 21.6 Å². The van der Waals surface area contributed by atoms with Crippen LogP contribution < -0.4 is 17.1 Å². The summed E-state index contributed by atoms with van der Waals surface area (Å²) in [7, 11) is 4.11. The number of likely N-dealkylation sites (N-methyl/N-ethyl adjacent to an activating group) is 1. The molecule has 2 rings (SSSR count). The van der Waals surface area contributed by atoms with Crippen LogP contribution in [0.2, 0.25) is 0 Å². The number of ether oxygens (including phenoxy) is 1. The third kappa shape index (κ3) is 3.77. The molecule has 1 aliphatic rings. The van der Waals surface area contributed by atoms with Crippen LogP contribution in [0.15, 0.2) is 35.9 Å². The molecule has 0 amide bonds. The minimum Gasteiger partial charge on any atom is -1.00 e. The van der Waals surface area contributed by atoms with Gasteiger partial charge in [0.25, 0.3) is 0 Å². The van der Waals surface area contributed by atoms with Gasteiger partial charge >= 0.3 is 0 Å². The Morgan fingerprint density at radius 3 is 2.45 bits per heavy atom. The topological polar surface area (TPSA) is 9.23 Å². The molecule has 3 heteroatoms. The molecule has 20 heavy (non-hydrogen) atoms. The van der Waals surface area contributed by atoms with Crippen LogP contribution in [0, 0.1) is 0 Å². The summed E-state index contributed by atoms with van der Waals surface area (Å²) in [5, 5.41) is 0. The van der Waals surface area contributed by atoms with Crippen LogP contribution in [-0.2, 0) is 6.54 Å². The fourth-order valence-electron chi connectivity index (χ4n) is 3.12. The molecular weight excluding hydrogens is 270 g/mol. The normalized spacial score (nSPS) is 25.6. The van der Waals surface area contributed by atoms with Gasteiger partial charge in [-0.3, -0.25) is 0 Å². The van der Waals surface area contributed by atoms with Crippen molar-refractivity contribution in [2.24, 2.45) is 0 Å². The van der Waals surface area contributed by atoms with E-state index in [1.165, 1.54) is 18.4 Å². The van der Waals surface area contributed by atoms with Gasteiger partial charge in [0.2, 0.25) is 0 Å². The largest absolute Gasteiger partial charge is 1.00 e. The molecule has 2 atom stereocenters. The first-order valence-corrected chi connectivity index (χ1v) is 7.20. The molecule has 2 unspecified atom stereocenters. The maximum absolute atomic E-state index is 5.23. The molecule has 0 bridgehead atoms. The van der Waals surface area contributed by atoms with E-state index in [0.29, 0.717) is 0 Å². The number of quaternary nitrogens is 1. The Bertz CT molecular complexity index is 455. The van der Waals surface area contributed by atoms with Crippen LogP contribution in [0.25, 0.3) is 0 Å². The Hall–Kier alpha value is -0.990. The second-order valence-electron chi connectivity index (χ2n) is 5.98. The summed E-state index contributed by atoms with van der Waals surface area (Å²) in [4.78, 5) is 0. The quantitative estimate of drug-likeness (QED) is 0.589. The summed E-state index contributed by atoms with van der Waals surface area (Å²) in [6.07, 6.45) is 4.90. The third-order valence-electron chi connectivity index (χ3n) is 4.47. The molecule has 112 valence electrons. The Kier molecular flexibility index (Phi) is 6.09. The Balaban J connectivity index is 0.00000200. The minimum absolute atomic E-state index is 0. The first-order chi connectivity index (χ1) is 9.07. The zero-order chi connectivity index (χ0) is 13.9. The molecule has 1 aliphatic heterocycles. The Labute approximate surface area is 129 Å². The number of hydrogen-bond acceptors (Lipinski definition) is 1. The second kappa shape index (κ2) is 7.14. The van der Waals surface area contributed by atoms with Gasteiger partial charge in [-0.15, -0.1) is 0 Å². The Morgan fingerprint density at radius 1 is 1.25 bits per heavy atom. The molecule has 0 fully saturated rings. The molecule has 0 aliphatic carbocycles. The lowest BCUT2D eigenvalue weighted by Gasteiger charge is -2.43. The van der Waals surface area contributed by atoms with Gasteiger partial charge in [-0.2, -0.15) is 0 Å². The molecule has 1 aromatic carbocycles. The highest BCUT2D eigenvalue weighted by Gasteiger charge is 2.33. The van der Waals surface area contributed by atoms with E-state index in [1.807, 2.05) is 0 Å². The lowest BCUT2D eigenvalue weighted by molar-refractivity contribution is -0.942. The Morgan fingerprint density at radius 2 is 1.90 bits per heavy atom. The van der Waals surface area contributed by atoms with Gasteiger partial charge in [0.05, 0.1) is 26.7 Å². The molecular formula is C17H26ClNO. The van der Waals surface area contributed by atoms with Gasteiger partial charge in [-0.05, 0) is 43.7 Å². The summed E-state index contributed by atoms with van der Waals surface area (Å²) in [5.74, 6) is 0.938. The summed E-state index contributed by atoms with van der Waals surface area (Å²) in [6, 6.07) is 9.26. The van der Waals surface area contributed by atoms with Crippen LogP contribution >= 0.6 is 0 Å². The summed E-state index contributed by atoms with van der Waals surface area (Å²) >= 11 is 0. The SMILES string of the molecule is CCC1CC(C)=CC[N+]1(C)Cc1ccc(OC)cc1.[Cl-]. The van der Waals surface area contributed by atoms with Gasteiger partial charge in [0.1, 0.15) is 12.3 Å². The lowest BCUT2D eigenvalue weighted by Crippen LogP contribution is -3.00. The van der Waals surface area contributed by atoms with Crippen molar-refractivity contribution in [3.8, 4) is 5.75 Å². The van der Waals surface area contributed by atoms with Crippen molar-refractivity contribution in [3.63, 3.8) is 0 Å². The molecule has 0 radical (unpaired) electrons. The van der Waals surface area contributed by atoms with Crippen LogP contribution in [-0.4, -0.2) is 31.2 Å². The average Bonchev–Trinajstić information content (AvgIpc) is 2.42. The van der Waals surface area contributed by atoms with Gasteiger partial charge in [-0.25, -0.2) is 0 Å². The van der Waals surface area contributed by atoms with Crippen molar-refractivity contribution >= 4 is 0 Å². The van der Waals surface area contributed by atoms with Crippen LogP contribution in [0.4, 0.5) is 0 Å². The lowest BCUT2D eigenvalue weighted by atomic mass is 9.95. The van der Waals surface area contributed by atoms with Crippen molar-refractivity contribution < 1.29 is 21.6 Å². The van der Waals surface area contributed by atoms with E-state index >= 15 is 0 Å². The van der Waals surface area contributed by atoms with E-state index in [4.69, 9.17) is 4.74 Å². The monoisotopic (exact) mass is 295 g/mol. The molecule has 0 spiro atoms. The average molecular weight is 296 g/mol. The molecule has 0 saturated carbocycles. The van der Waals surface area contributed by atoms with Crippen molar-refractivity contribution in [2.75, 3.05) is 20.7 Å². The zero-order valence-electron chi connectivity index (χ0n) is 13.0. The van der Waals surface area contributed by atoms with E-state index < -0.39 is 0 Å². The molecule has 0 saturated heterocycles. The van der Waals surface area contributed by atoms with E-state index in [0.717, 1.165) is 29.4 Å². The summed E-state index contributed by atoms with van der Waals surface area (Å²) in [6.45, 7) is 6.83. The molecule has 1 heterocycles. The van der Waals surface area contributed by atoms with Crippen LogP contribution in [0.1, 0.15) is 32.3 Å². The molecule has 0 N–H and O–H groups in total. The maximum Gasteiger partial charge on any atom is 0.118 e. The number of hydrogen-bond donors (Lipinski definition) is 0. The molecule has 2 nitrogen and oxygen atoms in total. The number of nitrogens with zero attached hydrogens (tertiary/aromatic N) is 1. The van der Waals surface area contributed by atoms with Gasteiger partial charge in [0.15, 0.2) is 0 Å². The van der Waals surface area contributed by atoms with Gasteiger partial charge in [0, 0.05) is 12.0 Å². The van der Waals surface area contributed by atoms with Crippen molar-refractivity contribution in [3.05, 3.63) is 41.5 Å². The van der Waals surface area contributed by atoms with E-state index in [1.54, 1.807) is 12.7 Å². The number of benzene rings is 1. The highest BCUT2D eigenvalue weighted by atomic mass is 35.5. The first kappa shape index (κ1) is 17.1. The predicted octanol–water partition coefficient (Wildman–Crippen LogP) is 0.774. The van der Waals surface area contributed by atoms with Crippen LogP contribution in [0.5, 0.6) is 5.75 Å². The van der Waals surface area contributed by atoms with Crippen molar-refractivity contribution in [1.29, 1.82) is 0 Å². The van der Waals surface area contributed by atoms with E-state index in [2.05, 4.69) is 51.2 Å². The summed E-state index contributed by atoms with van der Waals surface area (Å²) in [5.41, 5.74) is 2.95. The smallest absolute Gasteiger partial charge is 0.118 e. The van der Waals surface area contributed by atoms with Gasteiger partial charge in [-0.1, -0.05) is 12.5 Å². The highest BCUT2D eigenvalue weighted by molar-refractivity contribution is 5.26. The van der Waals surface area contributed by atoms with E-state index in [-0.39, 0.29) is 12.4 Å². The van der Waals surface area contributed by atoms with Crippen LogP contribution in [0.3, 0.4) is 0 Å². The standard InChI is InChI=1S/C17H26NO.ClH/c1-5-16-12-14(2)10-11-18(16,3)13-15-6-8-17(19-4)9-7-15;/h6-10,16H,5,11-13H2,1-4H3;1H/q+1;/p-1. The third-order valence-corrected chi connectivity index (χ3v) is 4.47. The zero-order valence-corrected chi connectivity index (χ0v) is 13.8.